The number of carbonyl (C=O) groups is 1. The maximum atomic E-state index is 12.6. The van der Waals surface area contributed by atoms with Crippen molar-refractivity contribution in [2.24, 2.45) is 0 Å². The van der Waals surface area contributed by atoms with Gasteiger partial charge in [0.2, 0.25) is 0 Å². The lowest BCUT2D eigenvalue weighted by molar-refractivity contribution is 0.0955. The predicted molar refractivity (Wildman–Crippen MR) is 106 cm³/mol. The summed E-state index contributed by atoms with van der Waals surface area (Å²) in [4.78, 5) is 14.3. The van der Waals surface area contributed by atoms with Crippen LogP contribution in [0.1, 0.15) is 26.5 Å². The van der Waals surface area contributed by atoms with E-state index in [4.69, 9.17) is 0 Å². The number of nitrogens with zero attached hydrogens (tertiary/aromatic N) is 2. The molecule has 0 spiro atoms. The van der Waals surface area contributed by atoms with Crippen LogP contribution in [0.4, 0.5) is 0 Å². The van der Waals surface area contributed by atoms with Crippen LogP contribution in [0.2, 0.25) is 0 Å². The van der Waals surface area contributed by atoms with Gasteiger partial charge in [-0.1, -0.05) is 42.5 Å². The molecule has 1 amide bonds. The lowest BCUT2D eigenvalue weighted by Crippen LogP contribution is -2.21. The van der Waals surface area contributed by atoms with Gasteiger partial charge in [0.1, 0.15) is 4.83 Å². The van der Waals surface area contributed by atoms with Gasteiger partial charge >= 0.3 is 0 Å². The third kappa shape index (κ3) is 3.13. The highest BCUT2D eigenvalue weighted by atomic mass is 32.1. The number of aryl methyl sites for hydroxylation is 2. The molecule has 2 aromatic heterocycles. The molecule has 0 unspecified atom stereocenters. The third-order valence-corrected chi connectivity index (χ3v) is 5.42. The van der Waals surface area contributed by atoms with E-state index in [2.05, 4.69) is 29.5 Å². The van der Waals surface area contributed by atoms with E-state index in [1.165, 1.54) is 16.9 Å². The molecule has 0 aliphatic heterocycles. The summed E-state index contributed by atoms with van der Waals surface area (Å²) in [6, 6.07) is 20.1. The van der Waals surface area contributed by atoms with Crippen LogP contribution >= 0.6 is 11.3 Å². The molecule has 0 radical (unpaired) electrons. The number of amides is 1. The summed E-state index contributed by atoms with van der Waals surface area (Å²) >= 11 is 1.48. The van der Waals surface area contributed by atoms with Crippen LogP contribution in [0.25, 0.3) is 15.9 Å². The van der Waals surface area contributed by atoms with Gasteiger partial charge in [0.15, 0.2) is 0 Å². The Labute approximate surface area is 156 Å². The minimum absolute atomic E-state index is 0.0507. The van der Waals surface area contributed by atoms with E-state index in [0.29, 0.717) is 11.4 Å². The number of rotatable bonds is 4. The molecule has 0 saturated carbocycles. The van der Waals surface area contributed by atoms with Gasteiger partial charge in [-0.3, -0.25) is 4.79 Å². The Morgan fingerprint density at radius 1 is 1.08 bits per heavy atom. The summed E-state index contributed by atoms with van der Waals surface area (Å²) in [5.41, 5.74) is 4.21. The van der Waals surface area contributed by atoms with Crippen LogP contribution in [-0.2, 0) is 6.54 Å². The van der Waals surface area contributed by atoms with Gasteiger partial charge in [-0.2, -0.15) is 5.10 Å². The highest BCUT2D eigenvalue weighted by Gasteiger charge is 2.17. The fraction of sp³-hybridized carbons (Fsp3) is 0.143. The zero-order valence-electron chi connectivity index (χ0n) is 14.7. The van der Waals surface area contributed by atoms with E-state index in [9.17, 15) is 4.79 Å². The number of hydrogen-bond acceptors (Lipinski definition) is 3. The molecule has 2 aromatic carbocycles. The first-order valence-corrected chi connectivity index (χ1v) is 9.32. The summed E-state index contributed by atoms with van der Waals surface area (Å²) < 4.78 is 1.93. The zero-order chi connectivity index (χ0) is 18.1. The van der Waals surface area contributed by atoms with Crippen LogP contribution in [0.15, 0.2) is 60.7 Å². The molecule has 0 bridgehead atoms. The summed E-state index contributed by atoms with van der Waals surface area (Å²) in [6.45, 7) is 4.57. The zero-order valence-corrected chi connectivity index (χ0v) is 15.5. The van der Waals surface area contributed by atoms with Crippen molar-refractivity contribution in [3.63, 3.8) is 0 Å². The summed E-state index contributed by atoms with van der Waals surface area (Å²) in [6.07, 6.45) is 0. The molecule has 26 heavy (non-hydrogen) atoms. The average molecular weight is 361 g/mol. The first-order chi connectivity index (χ1) is 12.6. The quantitative estimate of drug-likeness (QED) is 0.576. The van der Waals surface area contributed by atoms with Crippen LogP contribution in [-0.4, -0.2) is 15.7 Å². The SMILES string of the molecule is Cc1cccc(-n2nc(C)c3cc(C(=O)NCc4ccccc4)sc32)c1. The minimum atomic E-state index is -0.0507. The Morgan fingerprint density at radius 2 is 1.88 bits per heavy atom. The van der Waals surface area contributed by atoms with Crippen LogP contribution in [0, 0.1) is 13.8 Å². The van der Waals surface area contributed by atoms with Crippen molar-refractivity contribution in [1.82, 2.24) is 15.1 Å². The fourth-order valence-corrected chi connectivity index (χ4v) is 4.06. The average Bonchev–Trinajstić information content (AvgIpc) is 3.21. The molecule has 4 nitrogen and oxygen atoms in total. The van der Waals surface area contributed by atoms with Crippen LogP contribution < -0.4 is 5.32 Å². The molecule has 0 atom stereocenters. The number of nitrogens with one attached hydrogen (secondary N) is 1. The van der Waals surface area contributed by atoms with Gasteiger partial charge in [0.05, 0.1) is 16.3 Å². The van der Waals surface area contributed by atoms with Crippen molar-refractivity contribution >= 4 is 27.5 Å². The van der Waals surface area contributed by atoms with Gasteiger partial charge in [-0.25, -0.2) is 4.68 Å². The lowest BCUT2D eigenvalue weighted by Gasteiger charge is -2.04. The highest BCUT2D eigenvalue weighted by Crippen LogP contribution is 2.30. The Balaban J connectivity index is 1.63. The normalized spacial score (nSPS) is 11.0. The van der Waals surface area contributed by atoms with Gasteiger partial charge in [0, 0.05) is 11.9 Å². The summed E-state index contributed by atoms with van der Waals surface area (Å²) in [5.74, 6) is -0.0507. The highest BCUT2D eigenvalue weighted by molar-refractivity contribution is 7.20. The lowest BCUT2D eigenvalue weighted by atomic mass is 10.2. The third-order valence-electron chi connectivity index (χ3n) is 4.31. The van der Waals surface area contributed by atoms with Crippen molar-refractivity contribution in [2.45, 2.75) is 20.4 Å². The summed E-state index contributed by atoms with van der Waals surface area (Å²) in [5, 5.41) is 8.68. The molecule has 130 valence electrons. The number of thiophene rings is 1. The number of hydrogen-bond donors (Lipinski definition) is 1. The number of aromatic nitrogens is 2. The number of carbonyl (C=O) groups excluding carboxylic acids is 1. The summed E-state index contributed by atoms with van der Waals surface area (Å²) in [7, 11) is 0. The van der Waals surface area contributed by atoms with Gasteiger partial charge in [0.25, 0.3) is 5.91 Å². The second-order valence-corrected chi connectivity index (χ2v) is 7.36. The molecule has 1 N–H and O–H groups in total. The second kappa shape index (κ2) is 6.77. The molecule has 0 saturated heterocycles. The smallest absolute Gasteiger partial charge is 0.261 e. The first-order valence-electron chi connectivity index (χ1n) is 8.50. The van der Waals surface area contributed by atoms with E-state index in [1.807, 2.05) is 60.1 Å². The van der Waals surface area contributed by atoms with Gasteiger partial charge < -0.3 is 5.32 Å². The monoisotopic (exact) mass is 361 g/mol. The van der Waals surface area contributed by atoms with Crippen LogP contribution in [0.3, 0.4) is 0 Å². The molecule has 5 heteroatoms. The fourth-order valence-electron chi connectivity index (χ4n) is 2.96. The second-order valence-electron chi connectivity index (χ2n) is 6.33. The molecular formula is C21H19N3OS. The van der Waals surface area contributed by atoms with E-state index in [1.54, 1.807) is 0 Å². The number of fused-ring (bicyclic) bond motifs is 1. The Kier molecular flexibility index (Phi) is 4.31. The minimum Gasteiger partial charge on any atom is -0.347 e. The van der Waals surface area contributed by atoms with Crippen molar-refractivity contribution in [1.29, 1.82) is 0 Å². The van der Waals surface area contributed by atoms with Crippen molar-refractivity contribution in [2.75, 3.05) is 0 Å². The van der Waals surface area contributed by atoms with Crippen LogP contribution in [0.5, 0.6) is 0 Å². The topological polar surface area (TPSA) is 46.9 Å². The Bertz CT molecular complexity index is 1080. The van der Waals surface area contributed by atoms with Gasteiger partial charge in [-0.15, -0.1) is 11.3 Å². The number of benzene rings is 2. The van der Waals surface area contributed by atoms with Crippen molar-refractivity contribution < 1.29 is 4.79 Å². The molecule has 0 fully saturated rings. The van der Waals surface area contributed by atoms with Crippen molar-refractivity contribution in [3.8, 4) is 5.69 Å². The maximum Gasteiger partial charge on any atom is 0.261 e. The molecule has 4 rings (SSSR count). The molecular weight excluding hydrogens is 342 g/mol. The standard InChI is InChI=1S/C21H19N3OS/c1-14-7-6-10-17(11-14)24-21-18(15(2)23-24)12-19(26-21)20(25)22-13-16-8-4-3-5-9-16/h3-12H,13H2,1-2H3,(H,22,25). The van der Waals surface area contributed by atoms with E-state index >= 15 is 0 Å². The Morgan fingerprint density at radius 3 is 2.65 bits per heavy atom. The van der Waals surface area contributed by atoms with Gasteiger partial charge in [-0.05, 0) is 43.2 Å². The maximum absolute atomic E-state index is 12.6. The molecule has 4 aromatic rings. The van der Waals surface area contributed by atoms with E-state index in [0.717, 1.165) is 27.2 Å². The Hall–Kier alpha value is -2.92. The molecule has 0 aliphatic rings. The molecule has 0 aliphatic carbocycles. The molecule has 2 heterocycles. The van der Waals surface area contributed by atoms with E-state index < -0.39 is 0 Å². The van der Waals surface area contributed by atoms with E-state index in [-0.39, 0.29) is 5.91 Å². The first kappa shape index (κ1) is 16.5. The predicted octanol–water partition coefficient (Wildman–Crippen LogP) is 4.63. The largest absolute Gasteiger partial charge is 0.347 e. The van der Waals surface area contributed by atoms with Crippen molar-refractivity contribution in [3.05, 3.63) is 82.4 Å².